The summed E-state index contributed by atoms with van der Waals surface area (Å²) in [6.07, 6.45) is 2.02. The lowest BCUT2D eigenvalue weighted by molar-refractivity contribution is 0.0787. The van der Waals surface area contributed by atoms with Crippen LogP contribution in [0.25, 0.3) is 10.2 Å². The molecule has 0 radical (unpaired) electrons. The maximum absolute atomic E-state index is 12.6. The zero-order chi connectivity index (χ0) is 18.8. The molecule has 1 aromatic carbocycles. The van der Waals surface area contributed by atoms with Crippen LogP contribution >= 0.6 is 11.3 Å². The van der Waals surface area contributed by atoms with Gasteiger partial charge in [-0.2, -0.15) is 0 Å². The van der Waals surface area contributed by atoms with Crippen LogP contribution in [0.3, 0.4) is 0 Å². The number of rotatable bonds is 4. The Labute approximate surface area is 160 Å². The Hall–Kier alpha value is -3.00. The van der Waals surface area contributed by atoms with Crippen LogP contribution in [-0.4, -0.2) is 46.9 Å². The number of hydrogen-bond donors (Lipinski definition) is 1. The summed E-state index contributed by atoms with van der Waals surface area (Å²) in [4.78, 5) is 35.4. The van der Waals surface area contributed by atoms with Gasteiger partial charge in [-0.3, -0.25) is 14.9 Å². The molecule has 1 aliphatic rings. The smallest absolute Gasteiger partial charge is 0.276 e. The second-order valence-electron chi connectivity index (χ2n) is 6.21. The average Bonchev–Trinajstić information content (AvgIpc) is 3.36. The molecule has 1 N–H and O–H groups in total. The van der Waals surface area contributed by atoms with Gasteiger partial charge in [-0.25, -0.2) is 9.97 Å². The van der Waals surface area contributed by atoms with E-state index in [4.69, 9.17) is 4.74 Å². The third-order valence-electron chi connectivity index (χ3n) is 4.41. The van der Waals surface area contributed by atoms with Crippen LogP contribution in [0.5, 0.6) is 5.75 Å². The van der Waals surface area contributed by atoms with Gasteiger partial charge in [0.1, 0.15) is 17.1 Å². The first-order chi connectivity index (χ1) is 13.1. The van der Waals surface area contributed by atoms with Crippen molar-refractivity contribution in [2.24, 2.45) is 0 Å². The number of carbonyl (C=O) groups is 2. The molecule has 2 aromatic heterocycles. The molecule has 0 bridgehead atoms. The molecule has 8 heteroatoms. The number of thiazole rings is 1. The van der Waals surface area contributed by atoms with Crippen molar-refractivity contribution in [1.82, 2.24) is 14.9 Å². The van der Waals surface area contributed by atoms with Gasteiger partial charge in [0.05, 0.1) is 17.3 Å². The summed E-state index contributed by atoms with van der Waals surface area (Å²) in [7, 11) is 1.60. The van der Waals surface area contributed by atoms with Crippen molar-refractivity contribution in [3.05, 3.63) is 47.8 Å². The van der Waals surface area contributed by atoms with Crippen LogP contribution in [0, 0.1) is 0 Å². The molecule has 7 nitrogen and oxygen atoms in total. The van der Waals surface area contributed by atoms with E-state index in [1.54, 1.807) is 30.2 Å². The lowest BCUT2D eigenvalue weighted by Crippen LogP contribution is -2.29. The Morgan fingerprint density at radius 3 is 2.67 bits per heavy atom. The van der Waals surface area contributed by atoms with Gasteiger partial charge < -0.3 is 9.64 Å². The summed E-state index contributed by atoms with van der Waals surface area (Å²) in [6, 6.07) is 10.4. The van der Waals surface area contributed by atoms with E-state index in [1.807, 2.05) is 18.2 Å². The lowest BCUT2D eigenvalue weighted by Gasteiger charge is -2.14. The number of likely N-dealkylation sites (tertiary alicyclic amines) is 1. The Balaban J connectivity index is 1.52. The number of pyridine rings is 1. The van der Waals surface area contributed by atoms with Crippen molar-refractivity contribution in [3.8, 4) is 5.75 Å². The SMILES string of the molecule is COc1ccc2nc(NC(=O)c3cccc(C(=O)N4CCCC4)n3)sc2c1. The molecule has 3 heterocycles. The number of ether oxygens (including phenoxy) is 1. The van der Waals surface area contributed by atoms with Crippen LogP contribution in [0.15, 0.2) is 36.4 Å². The van der Waals surface area contributed by atoms with Gasteiger partial charge in [0.25, 0.3) is 11.8 Å². The Bertz CT molecular complexity index is 1010. The molecule has 0 saturated carbocycles. The fraction of sp³-hybridized carbons (Fsp3) is 0.263. The molecule has 4 rings (SSSR count). The van der Waals surface area contributed by atoms with Gasteiger partial charge in [-0.15, -0.1) is 0 Å². The first-order valence-corrected chi connectivity index (χ1v) is 9.48. The number of fused-ring (bicyclic) bond motifs is 1. The number of nitrogens with zero attached hydrogens (tertiary/aromatic N) is 3. The van der Waals surface area contributed by atoms with Crippen molar-refractivity contribution >= 4 is 38.5 Å². The first-order valence-electron chi connectivity index (χ1n) is 8.66. The van der Waals surface area contributed by atoms with Crippen molar-refractivity contribution in [2.75, 3.05) is 25.5 Å². The molecule has 0 atom stereocenters. The molecule has 1 saturated heterocycles. The van der Waals surface area contributed by atoms with Gasteiger partial charge in [0, 0.05) is 13.1 Å². The van der Waals surface area contributed by atoms with Gasteiger partial charge >= 0.3 is 0 Å². The second-order valence-corrected chi connectivity index (χ2v) is 7.24. The van der Waals surface area contributed by atoms with Crippen LogP contribution in [0.2, 0.25) is 0 Å². The van der Waals surface area contributed by atoms with Crippen LogP contribution in [-0.2, 0) is 0 Å². The van der Waals surface area contributed by atoms with E-state index in [0.29, 0.717) is 10.8 Å². The fourth-order valence-electron chi connectivity index (χ4n) is 3.01. The van der Waals surface area contributed by atoms with Crippen LogP contribution in [0.1, 0.15) is 33.8 Å². The van der Waals surface area contributed by atoms with Gasteiger partial charge in [-0.1, -0.05) is 17.4 Å². The predicted octanol–water partition coefficient (Wildman–Crippen LogP) is 3.19. The minimum atomic E-state index is -0.392. The summed E-state index contributed by atoms with van der Waals surface area (Å²) < 4.78 is 6.12. The van der Waals surface area contributed by atoms with Crippen LogP contribution < -0.4 is 10.1 Å². The summed E-state index contributed by atoms with van der Waals surface area (Å²) in [6.45, 7) is 1.48. The number of anilines is 1. The highest BCUT2D eigenvalue weighted by atomic mass is 32.1. The Kier molecular flexibility index (Phi) is 4.72. The quantitative estimate of drug-likeness (QED) is 0.749. The van der Waals surface area contributed by atoms with E-state index >= 15 is 0 Å². The standard InChI is InChI=1S/C19H18N4O3S/c1-26-12-7-8-13-16(11-12)27-19(21-13)22-17(24)14-5-4-6-15(20-14)18(25)23-9-2-3-10-23/h4-8,11H,2-3,9-10H2,1H3,(H,21,22,24). The molecule has 0 unspecified atom stereocenters. The van der Waals surface area contributed by atoms with Crippen molar-refractivity contribution in [2.45, 2.75) is 12.8 Å². The van der Waals surface area contributed by atoms with Gasteiger partial charge in [0.15, 0.2) is 5.13 Å². The third-order valence-corrected chi connectivity index (χ3v) is 5.34. The molecule has 2 amide bonds. The number of methoxy groups -OCH3 is 1. The summed E-state index contributed by atoms with van der Waals surface area (Å²) >= 11 is 1.35. The van der Waals surface area contributed by atoms with Crippen molar-refractivity contribution < 1.29 is 14.3 Å². The van der Waals surface area contributed by atoms with Crippen molar-refractivity contribution in [1.29, 1.82) is 0 Å². The minimum absolute atomic E-state index is 0.130. The topological polar surface area (TPSA) is 84.4 Å². The Morgan fingerprint density at radius 2 is 1.89 bits per heavy atom. The zero-order valence-electron chi connectivity index (χ0n) is 14.8. The van der Waals surface area contributed by atoms with E-state index in [-0.39, 0.29) is 11.6 Å². The second kappa shape index (κ2) is 7.32. The summed E-state index contributed by atoms with van der Waals surface area (Å²) in [5, 5.41) is 3.23. The third kappa shape index (κ3) is 3.61. The zero-order valence-corrected chi connectivity index (χ0v) is 15.6. The molecular weight excluding hydrogens is 364 g/mol. The normalized spacial score (nSPS) is 13.7. The number of hydrogen-bond acceptors (Lipinski definition) is 6. The molecule has 0 spiro atoms. The average molecular weight is 382 g/mol. The monoisotopic (exact) mass is 382 g/mol. The summed E-state index contributed by atoms with van der Waals surface area (Å²) in [5.74, 6) is 0.213. The molecule has 27 heavy (non-hydrogen) atoms. The van der Waals surface area contributed by atoms with Gasteiger partial charge in [-0.05, 0) is 43.2 Å². The number of aromatic nitrogens is 2. The number of carbonyl (C=O) groups excluding carboxylic acids is 2. The fourth-order valence-corrected chi connectivity index (χ4v) is 3.90. The lowest BCUT2D eigenvalue weighted by atomic mass is 10.2. The number of benzene rings is 1. The van der Waals surface area contributed by atoms with E-state index in [9.17, 15) is 9.59 Å². The molecular formula is C19H18N4O3S. The first kappa shape index (κ1) is 17.4. The molecule has 1 aliphatic heterocycles. The largest absolute Gasteiger partial charge is 0.497 e. The molecule has 1 fully saturated rings. The maximum atomic E-state index is 12.6. The number of nitrogens with one attached hydrogen (secondary N) is 1. The predicted molar refractivity (Wildman–Crippen MR) is 103 cm³/mol. The minimum Gasteiger partial charge on any atom is -0.497 e. The van der Waals surface area contributed by atoms with E-state index < -0.39 is 5.91 Å². The van der Waals surface area contributed by atoms with Crippen molar-refractivity contribution in [3.63, 3.8) is 0 Å². The molecule has 3 aromatic rings. The highest BCUT2D eigenvalue weighted by Crippen LogP contribution is 2.29. The van der Waals surface area contributed by atoms with Gasteiger partial charge in [0.2, 0.25) is 0 Å². The number of amides is 2. The highest BCUT2D eigenvalue weighted by molar-refractivity contribution is 7.22. The van der Waals surface area contributed by atoms with Crippen LogP contribution in [0.4, 0.5) is 5.13 Å². The molecule has 138 valence electrons. The highest BCUT2D eigenvalue weighted by Gasteiger charge is 2.21. The van der Waals surface area contributed by atoms with E-state index in [0.717, 1.165) is 41.9 Å². The van der Waals surface area contributed by atoms with E-state index in [1.165, 1.54) is 11.3 Å². The maximum Gasteiger partial charge on any atom is 0.276 e. The Morgan fingerprint density at radius 1 is 1.11 bits per heavy atom. The molecule has 0 aliphatic carbocycles. The summed E-state index contributed by atoms with van der Waals surface area (Å²) in [5.41, 5.74) is 1.26. The van der Waals surface area contributed by atoms with E-state index in [2.05, 4.69) is 15.3 Å².